The number of likely N-dealkylation sites (tertiary alicyclic amines) is 1. The van der Waals surface area contributed by atoms with Gasteiger partial charge < -0.3 is 10.6 Å². The Balaban J connectivity index is 1.78. The lowest BCUT2D eigenvalue weighted by atomic mass is 9.88. The number of carbonyl (C=O) groups is 1. The smallest absolute Gasteiger partial charge is 0.223 e. The highest BCUT2D eigenvalue weighted by molar-refractivity contribution is 5.78. The monoisotopic (exact) mass is 308 g/mol. The van der Waals surface area contributed by atoms with Gasteiger partial charge in [-0.05, 0) is 24.0 Å². The first-order chi connectivity index (χ1) is 11.2. The number of nitrogens with zero attached hydrogens (tertiary/aromatic N) is 1. The molecule has 3 rings (SSSR count). The van der Waals surface area contributed by atoms with Gasteiger partial charge in [-0.2, -0.15) is 0 Å². The van der Waals surface area contributed by atoms with Crippen LogP contribution in [0.1, 0.15) is 36.3 Å². The van der Waals surface area contributed by atoms with Crippen LogP contribution in [0.3, 0.4) is 0 Å². The first kappa shape index (κ1) is 15.8. The Hall–Kier alpha value is -2.13. The number of amides is 1. The van der Waals surface area contributed by atoms with E-state index in [1.54, 1.807) is 0 Å². The van der Waals surface area contributed by atoms with Crippen LogP contribution in [0.5, 0.6) is 0 Å². The highest BCUT2D eigenvalue weighted by atomic mass is 16.2. The van der Waals surface area contributed by atoms with E-state index in [9.17, 15) is 4.79 Å². The van der Waals surface area contributed by atoms with Crippen molar-refractivity contribution in [3.63, 3.8) is 0 Å². The molecule has 1 amide bonds. The van der Waals surface area contributed by atoms with Crippen LogP contribution in [-0.4, -0.2) is 29.9 Å². The van der Waals surface area contributed by atoms with Gasteiger partial charge in [-0.15, -0.1) is 0 Å². The molecule has 120 valence electrons. The van der Waals surface area contributed by atoms with E-state index in [1.165, 1.54) is 11.1 Å². The Morgan fingerprint density at radius 2 is 1.43 bits per heavy atom. The maximum Gasteiger partial charge on any atom is 0.223 e. The van der Waals surface area contributed by atoms with E-state index in [-0.39, 0.29) is 17.9 Å². The molecule has 1 aliphatic heterocycles. The van der Waals surface area contributed by atoms with Gasteiger partial charge in [0, 0.05) is 31.5 Å². The van der Waals surface area contributed by atoms with Crippen LogP contribution in [-0.2, 0) is 4.79 Å². The molecule has 2 aromatic carbocycles. The predicted octanol–water partition coefficient (Wildman–Crippen LogP) is 3.16. The third-order valence-corrected chi connectivity index (χ3v) is 4.67. The molecule has 1 heterocycles. The molecule has 1 saturated heterocycles. The van der Waals surface area contributed by atoms with Crippen molar-refractivity contribution < 1.29 is 4.79 Å². The van der Waals surface area contributed by atoms with Crippen LogP contribution >= 0.6 is 0 Å². The van der Waals surface area contributed by atoms with Crippen molar-refractivity contribution in [3.8, 4) is 0 Å². The number of piperidine rings is 1. The lowest BCUT2D eigenvalue weighted by molar-refractivity contribution is -0.132. The highest BCUT2D eigenvalue weighted by Gasteiger charge is 2.24. The van der Waals surface area contributed by atoms with Crippen LogP contribution in [0.25, 0.3) is 0 Å². The molecule has 3 heteroatoms. The summed E-state index contributed by atoms with van der Waals surface area (Å²) in [7, 11) is 0. The fourth-order valence-electron chi connectivity index (χ4n) is 3.25. The Kier molecular flexibility index (Phi) is 5.09. The second-order valence-electron chi connectivity index (χ2n) is 6.30. The molecule has 0 unspecified atom stereocenters. The number of carbonyl (C=O) groups excluding carboxylic acids is 1. The normalized spacial score (nSPS) is 15.8. The highest BCUT2D eigenvalue weighted by Crippen LogP contribution is 2.29. The van der Waals surface area contributed by atoms with Gasteiger partial charge >= 0.3 is 0 Å². The van der Waals surface area contributed by atoms with Crippen LogP contribution in [0.4, 0.5) is 0 Å². The standard InChI is InChI=1S/C20H24N2O/c21-18-11-13-22(14-12-18)20(23)15-19(16-7-3-1-4-8-16)17-9-5-2-6-10-17/h1-10,18-19H,11-15,21H2. The molecule has 1 aliphatic rings. The van der Waals surface area contributed by atoms with Gasteiger partial charge in [-0.1, -0.05) is 60.7 Å². The Morgan fingerprint density at radius 1 is 0.957 bits per heavy atom. The molecule has 2 N–H and O–H groups in total. The van der Waals surface area contributed by atoms with Gasteiger partial charge in [0.05, 0.1) is 0 Å². The van der Waals surface area contributed by atoms with Crippen LogP contribution < -0.4 is 5.73 Å². The van der Waals surface area contributed by atoms with E-state index in [1.807, 2.05) is 41.3 Å². The van der Waals surface area contributed by atoms with Crippen molar-refractivity contribution in [1.29, 1.82) is 0 Å². The van der Waals surface area contributed by atoms with Crippen molar-refractivity contribution in [1.82, 2.24) is 4.90 Å². The minimum absolute atomic E-state index is 0.112. The number of hydrogen-bond donors (Lipinski definition) is 1. The maximum atomic E-state index is 12.7. The molecular formula is C20H24N2O. The number of nitrogens with two attached hydrogens (primary N) is 1. The van der Waals surface area contributed by atoms with Crippen molar-refractivity contribution in [2.75, 3.05) is 13.1 Å². The van der Waals surface area contributed by atoms with Crippen molar-refractivity contribution in [2.45, 2.75) is 31.2 Å². The van der Waals surface area contributed by atoms with E-state index >= 15 is 0 Å². The molecule has 2 aromatic rings. The molecule has 1 fully saturated rings. The second-order valence-corrected chi connectivity index (χ2v) is 6.30. The summed E-state index contributed by atoms with van der Waals surface area (Å²) >= 11 is 0. The third-order valence-electron chi connectivity index (χ3n) is 4.67. The largest absolute Gasteiger partial charge is 0.343 e. The molecule has 0 aromatic heterocycles. The molecule has 0 spiro atoms. The zero-order chi connectivity index (χ0) is 16.1. The molecule has 23 heavy (non-hydrogen) atoms. The van der Waals surface area contributed by atoms with Gasteiger partial charge in [0.2, 0.25) is 5.91 Å². The van der Waals surface area contributed by atoms with Crippen molar-refractivity contribution in [2.24, 2.45) is 5.73 Å². The SMILES string of the molecule is NC1CCN(C(=O)CC(c2ccccc2)c2ccccc2)CC1. The first-order valence-electron chi connectivity index (χ1n) is 8.37. The third kappa shape index (κ3) is 3.99. The summed E-state index contributed by atoms with van der Waals surface area (Å²) < 4.78 is 0. The molecule has 0 aliphatic carbocycles. The zero-order valence-electron chi connectivity index (χ0n) is 13.4. The fraction of sp³-hybridized carbons (Fsp3) is 0.350. The Morgan fingerprint density at radius 3 is 1.91 bits per heavy atom. The Bertz CT molecular complexity index is 579. The molecule has 3 nitrogen and oxygen atoms in total. The predicted molar refractivity (Wildman–Crippen MR) is 93.1 cm³/mol. The van der Waals surface area contributed by atoms with Crippen molar-refractivity contribution in [3.05, 3.63) is 71.8 Å². The molecule has 0 radical (unpaired) electrons. The quantitative estimate of drug-likeness (QED) is 0.943. The summed E-state index contributed by atoms with van der Waals surface area (Å²) in [6.07, 6.45) is 2.34. The average Bonchev–Trinajstić information content (AvgIpc) is 2.61. The van der Waals surface area contributed by atoms with E-state index in [0.717, 1.165) is 25.9 Å². The summed E-state index contributed by atoms with van der Waals surface area (Å²) in [6.45, 7) is 1.58. The summed E-state index contributed by atoms with van der Waals surface area (Å²) in [5, 5.41) is 0. The lowest BCUT2D eigenvalue weighted by Gasteiger charge is -2.31. The van der Waals surface area contributed by atoms with Gasteiger partial charge in [-0.3, -0.25) is 4.79 Å². The molecular weight excluding hydrogens is 284 g/mol. The topological polar surface area (TPSA) is 46.3 Å². The lowest BCUT2D eigenvalue weighted by Crippen LogP contribution is -2.43. The summed E-state index contributed by atoms with van der Waals surface area (Å²) in [5.74, 6) is 0.343. The van der Waals surface area contributed by atoms with E-state index in [4.69, 9.17) is 5.73 Å². The van der Waals surface area contributed by atoms with Gasteiger partial charge in [0.15, 0.2) is 0 Å². The minimum Gasteiger partial charge on any atom is -0.343 e. The van der Waals surface area contributed by atoms with E-state index in [0.29, 0.717) is 6.42 Å². The zero-order valence-corrected chi connectivity index (χ0v) is 13.4. The summed E-state index contributed by atoms with van der Waals surface area (Å²) in [5.41, 5.74) is 8.33. The first-order valence-corrected chi connectivity index (χ1v) is 8.37. The second kappa shape index (κ2) is 7.42. The average molecular weight is 308 g/mol. The Labute approximate surface area is 138 Å². The molecule has 0 atom stereocenters. The maximum absolute atomic E-state index is 12.7. The van der Waals surface area contributed by atoms with Crippen molar-refractivity contribution >= 4 is 5.91 Å². The fourth-order valence-corrected chi connectivity index (χ4v) is 3.25. The summed E-state index contributed by atoms with van der Waals surface area (Å²) in [4.78, 5) is 14.7. The van der Waals surface area contributed by atoms with E-state index in [2.05, 4.69) is 24.3 Å². The van der Waals surface area contributed by atoms with E-state index < -0.39 is 0 Å². The number of hydrogen-bond acceptors (Lipinski definition) is 2. The number of benzene rings is 2. The molecule has 0 bridgehead atoms. The molecule has 0 saturated carbocycles. The van der Waals surface area contributed by atoms with Crippen LogP contribution in [0, 0.1) is 0 Å². The number of rotatable bonds is 4. The van der Waals surface area contributed by atoms with Gasteiger partial charge in [0.1, 0.15) is 0 Å². The van der Waals surface area contributed by atoms with Crippen LogP contribution in [0.15, 0.2) is 60.7 Å². The van der Waals surface area contributed by atoms with Gasteiger partial charge in [-0.25, -0.2) is 0 Å². The van der Waals surface area contributed by atoms with Gasteiger partial charge in [0.25, 0.3) is 0 Å². The minimum atomic E-state index is 0.112. The van der Waals surface area contributed by atoms with Crippen LogP contribution in [0.2, 0.25) is 0 Å². The summed E-state index contributed by atoms with van der Waals surface area (Å²) in [6, 6.07) is 20.9.